The lowest BCUT2D eigenvalue weighted by atomic mass is 9.82. The lowest BCUT2D eigenvalue weighted by Crippen LogP contribution is -2.39. The Hall–Kier alpha value is -1.51. The molecule has 3 N–H and O–H groups in total. The summed E-state index contributed by atoms with van der Waals surface area (Å²) in [6.45, 7) is 6.21. The first-order valence-electron chi connectivity index (χ1n) is 5.02. The van der Waals surface area contributed by atoms with Gasteiger partial charge in [-0.2, -0.15) is 0 Å². The molecule has 0 saturated carbocycles. The number of rotatable bonds is 2. The molecule has 3 nitrogen and oxygen atoms in total. The molecule has 2 amide bonds. The number of carbonyl (C=O) groups excluding carboxylic acids is 1. The van der Waals surface area contributed by atoms with E-state index in [0.29, 0.717) is 0 Å². The molecule has 0 fully saturated rings. The van der Waals surface area contributed by atoms with Crippen LogP contribution < -0.4 is 11.1 Å². The summed E-state index contributed by atoms with van der Waals surface area (Å²) in [5.41, 5.74) is 6.19. The van der Waals surface area contributed by atoms with Gasteiger partial charge in [-0.15, -0.1) is 0 Å². The number of primary amides is 1. The van der Waals surface area contributed by atoms with Gasteiger partial charge in [0, 0.05) is 0 Å². The van der Waals surface area contributed by atoms with E-state index in [1.807, 2.05) is 30.3 Å². The minimum absolute atomic E-state index is 0.0591. The fourth-order valence-electron chi connectivity index (χ4n) is 1.59. The molecule has 0 saturated heterocycles. The summed E-state index contributed by atoms with van der Waals surface area (Å²) >= 11 is 0. The summed E-state index contributed by atoms with van der Waals surface area (Å²) in [7, 11) is 0. The van der Waals surface area contributed by atoms with Crippen molar-refractivity contribution in [1.82, 2.24) is 5.32 Å². The van der Waals surface area contributed by atoms with Crippen LogP contribution in [0.25, 0.3) is 0 Å². The van der Waals surface area contributed by atoms with Crippen LogP contribution in [-0.4, -0.2) is 6.03 Å². The molecule has 15 heavy (non-hydrogen) atoms. The highest BCUT2D eigenvalue weighted by molar-refractivity contribution is 5.72. The first-order chi connectivity index (χ1) is 6.91. The van der Waals surface area contributed by atoms with Crippen LogP contribution in [0.1, 0.15) is 32.4 Å². The molecule has 0 aliphatic carbocycles. The molecule has 0 unspecified atom stereocenters. The molecule has 0 spiro atoms. The summed E-state index contributed by atoms with van der Waals surface area (Å²) in [4.78, 5) is 10.9. The molecule has 82 valence electrons. The van der Waals surface area contributed by atoms with Crippen molar-refractivity contribution in [3.8, 4) is 0 Å². The summed E-state index contributed by atoms with van der Waals surface area (Å²) in [5, 5.41) is 2.77. The first-order valence-corrected chi connectivity index (χ1v) is 5.02. The quantitative estimate of drug-likeness (QED) is 0.767. The average molecular weight is 206 g/mol. The van der Waals surface area contributed by atoms with Gasteiger partial charge in [0.15, 0.2) is 0 Å². The first kappa shape index (κ1) is 11.6. The van der Waals surface area contributed by atoms with Gasteiger partial charge in [0.1, 0.15) is 0 Å². The predicted octanol–water partition coefficient (Wildman–Crippen LogP) is 2.44. The predicted molar refractivity (Wildman–Crippen MR) is 61.4 cm³/mol. The summed E-state index contributed by atoms with van der Waals surface area (Å²) in [6.07, 6.45) is 0. The number of urea groups is 1. The number of carbonyl (C=O) groups is 1. The lowest BCUT2D eigenvalue weighted by Gasteiger charge is -2.31. The van der Waals surface area contributed by atoms with E-state index in [9.17, 15) is 4.79 Å². The average Bonchev–Trinajstić information content (AvgIpc) is 2.14. The molecule has 1 rings (SSSR count). The number of benzene rings is 1. The highest BCUT2D eigenvalue weighted by atomic mass is 16.2. The SMILES string of the molecule is CC(C)(C)[C@@H](NC(N)=O)c1ccccc1. The molecule has 0 aliphatic rings. The Kier molecular flexibility index (Phi) is 3.35. The van der Waals surface area contributed by atoms with Crippen molar-refractivity contribution >= 4 is 6.03 Å². The van der Waals surface area contributed by atoms with Crippen molar-refractivity contribution < 1.29 is 4.79 Å². The second-order valence-corrected chi connectivity index (χ2v) is 4.72. The van der Waals surface area contributed by atoms with E-state index in [1.165, 1.54) is 0 Å². The maximum atomic E-state index is 10.9. The van der Waals surface area contributed by atoms with E-state index in [4.69, 9.17) is 5.73 Å². The summed E-state index contributed by atoms with van der Waals surface area (Å²) in [5.74, 6) is 0. The number of hydrogen-bond donors (Lipinski definition) is 2. The standard InChI is InChI=1S/C12H18N2O/c1-12(2,3)10(14-11(13)15)9-7-5-4-6-8-9/h4-8,10H,1-3H3,(H3,13,14,15)/t10-/m0/s1. The molecule has 1 aromatic rings. The van der Waals surface area contributed by atoms with Crippen LogP contribution in [0.4, 0.5) is 4.79 Å². The molecule has 0 aromatic heterocycles. The van der Waals surface area contributed by atoms with Crippen LogP contribution >= 0.6 is 0 Å². The number of nitrogens with one attached hydrogen (secondary N) is 1. The third-order valence-corrected chi connectivity index (χ3v) is 2.29. The van der Waals surface area contributed by atoms with Gasteiger partial charge in [-0.05, 0) is 11.0 Å². The molecule has 0 bridgehead atoms. The van der Waals surface area contributed by atoms with Crippen molar-refractivity contribution in [1.29, 1.82) is 0 Å². The molecule has 3 heteroatoms. The third-order valence-electron chi connectivity index (χ3n) is 2.29. The third kappa shape index (κ3) is 3.27. The van der Waals surface area contributed by atoms with E-state index in [0.717, 1.165) is 5.56 Å². The van der Waals surface area contributed by atoms with E-state index < -0.39 is 6.03 Å². The second-order valence-electron chi connectivity index (χ2n) is 4.72. The molecule has 1 atom stereocenters. The second kappa shape index (κ2) is 4.34. The van der Waals surface area contributed by atoms with E-state index >= 15 is 0 Å². The van der Waals surface area contributed by atoms with Gasteiger partial charge in [0.05, 0.1) is 6.04 Å². The van der Waals surface area contributed by atoms with Gasteiger partial charge < -0.3 is 11.1 Å². The smallest absolute Gasteiger partial charge is 0.312 e. The number of hydrogen-bond acceptors (Lipinski definition) is 1. The maximum absolute atomic E-state index is 10.9. The van der Waals surface area contributed by atoms with E-state index in [1.54, 1.807) is 0 Å². The van der Waals surface area contributed by atoms with E-state index in [-0.39, 0.29) is 11.5 Å². The maximum Gasteiger partial charge on any atom is 0.312 e. The number of amides is 2. The van der Waals surface area contributed by atoms with Crippen LogP contribution in [-0.2, 0) is 0 Å². The zero-order chi connectivity index (χ0) is 11.5. The normalized spacial score (nSPS) is 13.3. The monoisotopic (exact) mass is 206 g/mol. The van der Waals surface area contributed by atoms with Crippen molar-refractivity contribution in [2.24, 2.45) is 11.1 Å². The van der Waals surface area contributed by atoms with Crippen molar-refractivity contribution in [2.75, 3.05) is 0 Å². The fraction of sp³-hybridized carbons (Fsp3) is 0.417. The molecular weight excluding hydrogens is 188 g/mol. The largest absolute Gasteiger partial charge is 0.352 e. The van der Waals surface area contributed by atoms with Crippen molar-refractivity contribution in [3.63, 3.8) is 0 Å². The summed E-state index contributed by atoms with van der Waals surface area (Å²) in [6, 6.07) is 9.30. The van der Waals surface area contributed by atoms with Crippen LogP contribution in [0.15, 0.2) is 30.3 Å². The van der Waals surface area contributed by atoms with Gasteiger partial charge >= 0.3 is 6.03 Å². The van der Waals surface area contributed by atoms with Gasteiger partial charge in [-0.3, -0.25) is 0 Å². The van der Waals surface area contributed by atoms with Gasteiger partial charge in [-0.25, -0.2) is 4.79 Å². The van der Waals surface area contributed by atoms with Gasteiger partial charge in [0.25, 0.3) is 0 Å². The minimum Gasteiger partial charge on any atom is -0.352 e. The number of nitrogens with two attached hydrogens (primary N) is 1. The minimum atomic E-state index is -0.487. The zero-order valence-corrected chi connectivity index (χ0v) is 9.45. The Balaban J connectivity index is 2.97. The van der Waals surface area contributed by atoms with Gasteiger partial charge in [-0.1, -0.05) is 51.1 Å². The summed E-state index contributed by atoms with van der Waals surface area (Å²) < 4.78 is 0. The van der Waals surface area contributed by atoms with Crippen LogP contribution in [0.2, 0.25) is 0 Å². The molecule has 0 aliphatic heterocycles. The fourth-order valence-corrected chi connectivity index (χ4v) is 1.59. The Labute approximate surface area is 90.7 Å². The molecule has 0 radical (unpaired) electrons. The molecule has 1 aromatic carbocycles. The highest BCUT2D eigenvalue weighted by Gasteiger charge is 2.26. The lowest BCUT2D eigenvalue weighted by molar-refractivity contribution is 0.226. The topological polar surface area (TPSA) is 55.1 Å². The van der Waals surface area contributed by atoms with E-state index in [2.05, 4.69) is 26.1 Å². The molecule has 0 heterocycles. The van der Waals surface area contributed by atoms with Crippen LogP contribution in [0.5, 0.6) is 0 Å². The Morgan fingerprint density at radius 2 is 1.80 bits per heavy atom. The van der Waals surface area contributed by atoms with Crippen molar-refractivity contribution in [3.05, 3.63) is 35.9 Å². The van der Waals surface area contributed by atoms with Gasteiger partial charge in [0.2, 0.25) is 0 Å². The highest BCUT2D eigenvalue weighted by Crippen LogP contribution is 2.32. The zero-order valence-electron chi connectivity index (χ0n) is 9.45. The Morgan fingerprint density at radius 3 is 2.20 bits per heavy atom. The van der Waals surface area contributed by atoms with Crippen molar-refractivity contribution in [2.45, 2.75) is 26.8 Å². The van der Waals surface area contributed by atoms with Crippen LogP contribution in [0.3, 0.4) is 0 Å². The molecular formula is C12H18N2O. The Bertz CT molecular complexity index is 327. The van der Waals surface area contributed by atoms with Crippen LogP contribution in [0, 0.1) is 5.41 Å². The Morgan fingerprint density at radius 1 is 1.27 bits per heavy atom.